The van der Waals surface area contributed by atoms with E-state index in [1.165, 1.54) is 0 Å². The largest absolute Gasteiger partial charge is 0.392 e. The molecule has 2 rings (SSSR count). The second-order valence-electron chi connectivity index (χ2n) is 2.81. The van der Waals surface area contributed by atoms with Crippen molar-refractivity contribution >= 4 is 10.9 Å². The standard InChI is InChI=1S/C9H10N2O/c1-11-5-8-7(6-12)3-2-4-9(8)10-11/h2-5,12H,6H2,1H3. The second-order valence-corrected chi connectivity index (χ2v) is 2.81. The number of benzene rings is 1. The van der Waals surface area contributed by atoms with Crippen LogP contribution in [0.1, 0.15) is 5.56 Å². The van der Waals surface area contributed by atoms with Gasteiger partial charge in [0.1, 0.15) is 0 Å². The van der Waals surface area contributed by atoms with Crippen molar-refractivity contribution in [2.24, 2.45) is 7.05 Å². The molecular formula is C9H10N2O. The van der Waals surface area contributed by atoms with E-state index in [1.54, 1.807) is 4.68 Å². The topological polar surface area (TPSA) is 38.0 Å². The third kappa shape index (κ3) is 0.987. The molecule has 0 aliphatic rings. The monoisotopic (exact) mass is 162 g/mol. The zero-order chi connectivity index (χ0) is 8.55. The first-order valence-corrected chi connectivity index (χ1v) is 3.83. The molecule has 0 bridgehead atoms. The zero-order valence-electron chi connectivity index (χ0n) is 6.86. The highest BCUT2D eigenvalue weighted by atomic mass is 16.3. The maximum Gasteiger partial charge on any atom is 0.0926 e. The SMILES string of the molecule is Cn1cc2c(CO)cccc2n1. The van der Waals surface area contributed by atoms with Crippen molar-refractivity contribution in [2.75, 3.05) is 0 Å². The lowest BCUT2D eigenvalue weighted by Crippen LogP contribution is -1.84. The normalized spacial score (nSPS) is 10.8. The van der Waals surface area contributed by atoms with Crippen LogP contribution < -0.4 is 0 Å². The Hall–Kier alpha value is -1.35. The summed E-state index contributed by atoms with van der Waals surface area (Å²) in [5.74, 6) is 0. The van der Waals surface area contributed by atoms with Crippen LogP contribution in [0, 0.1) is 0 Å². The highest BCUT2D eigenvalue weighted by Gasteiger charge is 2.01. The fraction of sp³-hybridized carbons (Fsp3) is 0.222. The van der Waals surface area contributed by atoms with Crippen LogP contribution in [0.15, 0.2) is 24.4 Å². The summed E-state index contributed by atoms with van der Waals surface area (Å²) < 4.78 is 1.75. The van der Waals surface area contributed by atoms with Gasteiger partial charge in [0.25, 0.3) is 0 Å². The number of aliphatic hydroxyl groups is 1. The minimum Gasteiger partial charge on any atom is -0.392 e. The van der Waals surface area contributed by atoms with Crippen LogP contribution in [0.4, 0.5) is 0 Å². The summed E-state index contributed by atoms with van der Waals surface area (Å²) in [5, 5.41) is 14.3. The third-order valence-electron chi connectivity index (χ3n) is 1.93. The van der Waals surface area contributed by atoms with Gasteiger partial charge in [0, 0.05) is 18.6 Å². The summed E-state index contributed by atoms with van der Waals surface area (Å²) in [5.41, 5.74) is 1.87. The molecule has 1 heterocycles. The van der Waals surface area contributed by atoms with Crippen LogP contribution in [0.5, 0.6) is 0 Å². The highest BCUT2D eigenvalue weighted by Crippen LogP contribution is 2.16. The van der Waals surface area contributed by atoms with E-state index in [0.717, 1.165) is 16.5 Å². The lowest BCUT2D eigenvalue weighted by Gasteiger charge is -1.94. The van der Waals surface area contributed by atoms with Crippen LogP contribution >= 0.6 is 0 Å². The summed E-state index contributed by atoms with van der Waals surface area (Å²) in [6, 6.07) is 5.75. The van der Waals surface area contributed by atoms with Crippen LogP contribution in [-0.2, 0) is 13.7 Å². The lowest BCUT2D eigenvalue weighted by atomic mass is 10.1. The Morgan fingerprint density at radius 1 is 1.50 bits per heavy atom. The first-order valence-electron chi connectivity index (χ1n) is 3.83. The van der Waals surface area contributed by atoms with Gasteiger partial charge in [0.2, 0.25) is 0 Å². The number of nitrogens with zero attached hydrogens (tertiary/aromatic N) is 2. The fourth-order valence-corrected chi connectivity index (χ4v) is 1.36. The predicted molar refractivity (Wildman–Crippen MR) is 46.6 cm³/mol. The van der Waals surface area contributed by atoms with Crippen molar-refractivity contribution in [3.05, 3.63) is 30.0 Å². The Bertz CT molecular complexity index is 406. The van der Waals surface area contributed by atoms with E-state index in [-0.39, 0.29) is 6.61 Å². The molecule has 0 unspecified atom stereocenters. The second kappa shape index (κ2) is 2.60. The van der Waals surface area contributed by atoms with E-state index >= 15 is 0 Å². The van der Waals surface area contributed by atoms with Gasteiger partial charge in [-0.1, -0.05) is 12.1 Å². The molecule has 62 valence electrons. The molecule has 3 heteroatoms. The molecule has 0 aliphatic carbocycles. The number of aryl methyl sites for hydroxylation is 1. The Morgan fingerprint density at radius 2 is 2.33 bits per heavy atom. The molecule has 0 atom stereocenters. The molecule has 1 aromatic heterocycles. The molecule has 0 saturated heterocycles. The number of fused-ring (bicyclic) bond motifs is 1. The quantitative estimate of drug-likeness (QED) is 0.681. The molecule has 0 radical (unpaired) electrons. The molecule has 0 saturated carbocycles. The van der Waals surface area contributed by atoms with Crippen molar-refractivity contribution in [3.8, 4) is 0 Å². The smallest absolute Gasteiger partial charge is 0.0926 e. The van der Waals surface area contributed by atoms with E-state index in [4.69, 9.17) is 5.11 Å². The van der Waals surface area contributed by atoms with Crippen molar-refractivity contribution < 1.29 is 5.11 Å². The number of aromatic nitrogens is 2. The maximum absolute atomic E-state index is 9.01. The predicted octanol–water partition coefficient (Wildman–Crippen LogP) is 1.07. The summed E-state index contributed by atoms with van der Waals surface area (Å²) >= 11 is 0. The van der Waals surface area contributed by atoms with Crippen molar-refractivity contribution in [3.63, 3.8) is 0 Å². The van der Waals surface area contributed by atoms with Crippen molar-refractivity contribution in [1.82, 2.24) is 9.78 Å². The van der Waals surface area contributed by atoms with Crippen molar-refractivity contribution in [2.45, 2.75) is 6.61 Å². The van der Waals surface area contributed by atoms with Gasteiger partial charge >= 0.3 is 0 Å². The average molecular weight is 162 g/mol. The van der Waals surface area contributed by atoms with Gasteiger partial charge in [-0.15, -0.1) is 0 Å². The summed E-state index contributed by atoms with van der Waals surface area (Å²) in [6.45, 7) is 0.0725. The molecule has 1 aromatic carbocycles. The number of rotatable bonds is 1. The molecule has 0 fully saturated rings. The van der Waals surface area contributed by atoms with E-state index in [2.05, 4.69) is 5.10 Å². The molecule has 1 N–H and O–H groups in total. The van der Waals surface area contributed by atoms with Crippen LogP contribution in [-0.4, -0.2) is 14.9 Å². The Morgan fingerprint density at radius 3 is 3.08 bits per heavy atom. The Kier molecular flexibility index (Phi) is 1.59. The van der Waals surface area contributed by atoms with Gasteiger partial charge in [-0.25, -0.2) is 0 Å². The lowest BCUT2D eigenvalue weighted by molar-refractivity contribution is 0.283. The first-order chi connectivity index (χ1) is 5.81. The van der Waals surface area contributed by atoms with Gasteiger partial charge < -0.3 is 5.11 Å². The summed E-state index contributed by atoms with van der Waals surface area (Å²) in [6.07, 6.45) is 1.92. The van der Waals surface area contributed by atoms with Gasteiger partial charge in [0.05, 0.1) is 12.1 Å². The fourth-order valence-electron chi connectivity index (χ4n) is 1.36. The van der Waals surface area contributed by atoms with Crippen LogP contribution in [0.3, 0.4) is 0 Å². The van der Waals surface area contributed by atoms with Gasteiger partial charge in [-0.3, -0.25) is 4.68 Å². The summed E-state index contributed by atoms with van der Waals surface area (Å²) in [4.78, 5) is 0. The number of hydrogen-bond acceptors (Lipinski definition) is 2. The molecule has 3 nitrogen and oxygen atoms in total. The van der Waals surface area contributed by atoms with Gasteiger partial charge in [-0.05, 0) is 11.6 Å². The van der Waals surface area contributed by atoms with Crippen LogP contribution in [0.2, 0.25) is 0 Å². The maximum atomic E-state index is 9.01. The molecular weight excluding hydrogens is 152 g/mol. The third-order valence-corrected chi connectivity index (χ3v) is 1.93. The van der Waals surface area contributed by atoms with Gasteiger partial charge in [-0.2, -0.15) is 5.10 Å². The van der Waals surface area contributed by atoms with Crippen molar-refractivity contribution in [1.29, 1.82) is 0 Å². The molecule has 0 amide bonds. The van der Waals surface area contributed by atoms with E-state index in [0.29, 0.717) is 0 Å². The summed E-state index contributed by atoms with van der Waals surface area (Å²) in [7, 11) is 1.88. The zero-order valence-corrected chi connectivity index (χ0v) is 6.86. The minimum absolute atomic E-state index is 0.0725. The van der Waals surface area contributed by atoms with E-state index < -0.39 is 0 Å². The molecule has 12 heavy (non-hydrogen) atoms. The van der Waals surface area contributed by atoms with E-state index in [9.17, 15) is 0 Å². The minimum atomic E-state index is 0.0725. The van der Waals surface area contributed by atoms with Crippen LogP contribution in [0.25, 0.3) is 10.9 Å². The number of hydrogen-bond donors (Lipinski definition) is 1. The Balaban J connectivity index is 2.78. The average Bonchev–Trinajstić information content (AvgIpc) is 2.44. The first kappa shape index (κ1) is 7.31. The highest BCUT2D eigenvalue weighted by molar-refractivity contribution is 5.81. The Labute approximate surface area is 70.2 Å². The molecule has 0 aliphatic heterocycles. The van der Waals surface area contributed by atoms with Gasteiger partial charge in [0.15, 0.2) is 0 Å². The molecule has 0 spiro atoms. The van der Waals surface area contributed by atoms with E-state index in [1.807, 2.05) is 31.4 Å². The molecule has 2 aromatic rings. The number of aliphatic hydroxyl groups excluding tert-OH is 1.